The van der Waals surface area contributed by atoms with Gasteiger partial charge in [-0.3, -0.25) is 4.79 Å². The Kier molecular flexibility index (Phi) is 5.22. The van der Waals surface area contributed by atoms with Crippen LogP contribution in [0.5, 0.6) is 0 Å². The zero-order valence-corrected chi connectivity index (χ0v) is 16.8. The summed E-state index contributed by atoms with van der Waals surface area (Å²) >= 11 is 1.70. The van der Waals surface area contributed by atoms with E-state index in [0.29, 0.717) is 12.2 Å². The quantitative estimate of drug-likeness (QED) is 0.597. The molecular weight excluding hydrogens is 373 g/mol. The SMILES string of the molecule is CSc1ccc(CN(C)C(=O)c2nn(-c3ccc(F)cc3)c3c2CCC3)cc1. The van der Waals surface area contributed by atoms with Gasteiger partial charge in [0.05, 0.1) is 5.69 Å². The minimum atomic E-state index is -0.281. The third kappa shape index (κ3) is 3.56. The lowest BCUT2D eigenvalue weighted by Crippen LogP contribution is -2.27. The van der Waals surface area contributed by atoms with Crippen molar-refractivity contribution < 1.29 is 9.18 Å². The summed E-state index contributed by atoms with van der Waals surface area (Å²) in [5.41, 5.74) is 4.48. The summed E-state index contributed by atoms with van der Waals surface area (Å²) in [7, 11) is 1.81. The Hall–Kier alpha value is -2.60. The topological polar surface area (TPSA) is 38.1 Å². The van der Waals surface area contributed by atoms with Crippen LogP contribution in [0.2, 0.25) is 0 Å². The fourth-order valence-electron chi connectivity index (χ4n) is 3.66. The van der Waals surface area contributed by atoms with E-state index < -0.39 is 0 Å². The van der Waals surface area contributed by atoms with Crippen molar-refractivity contribution in [3.63, 3.8) is 0 Å². The number of amides is 1. The Balaban J connectivity index is 1.60. The molecule has 0 saturated carbocycles. The van der Waals surface area contributed by atoms with Gasteiger partial charge in [0.15, 0.2) is 5.69 Å². The molecule has 0 aliphatic heterocycles. The van der Waals surface area contributed by atoms with Crippen LogP contribution in [0.15, 0.2) is 53.4 Å². The molecule has 0 saturated heterocycles. The van der Waals surface area contributed by atoms with E-state index in [1.54, 1.807) is 33.5 Å². The summed E-state index contributed by atoms with van der Waals surface area (Å²) in [4.78, 5) is 16.0. The average molecular weight is 396 g/mol. The summed E-state index contributed by atoms with van der Waals surface area (Å²) in [6.07, 6.45) is 4.79. The smallest absolute Gasteiger partial charge is 0.274 e. The van der Waals surface area contributed by atoms with Crippen molar-refractivity contribution in [2.45, 2.75) is 30.7 Å². The number of carbonyl (C=O) groups is 1. The molecule has 1 aliphatic rings. The van der Waals surface area contributed by atoms with Crippen molar-refractivity contribution in [3.8, 4) is 5.69 Å². The van der Waals surface area contributed by atoms with Crippen LogP contribution in [-0.2, 0) is 19.4 Å². The molecular formula is C22H22FN3OS. The van der Waals surface area contributed by atoms with E-state index in [0.717, 1.165) is 41.8 Å². The number of fused-ring (bicyclic) bond motifs is 1. The molecule has 1 heterocycles. The van der Waals surface area contributed by atoms with Crippen LogP contribution in [-0.4, -0.2) is 33.9 Å². The van der Waals surface area contributed by atoms with Gasteiger partial charge in [0, 0.05) is 29.7 Å². The van der Waals surface area contributed by atoms with Gasteiger partial charge in [0.2, 0.25) is 0 Å². The first-order valence-corrected chi connectivity index (χ1v) is 10.5. The number of hydrogen-bond acceptors (Lipinski definition) is 3. The highest BCUT2D eigenvalue weighted by Crippen LogP contribution is 2.29. The third-order valence-corrected chi connectivity index (χ3v) is 5.87. The highest BCUT2D eigenvalue weighted by atomic mass is 32.2. The van der Waals surface area contributed by atoms with Crippen molar-refractivity contribution >= 4 is 17.7 Å². The van der Waals surface area contributed by atoms with E-state index >= 15 is 0 Å². The van der Waals surface area contributed by atoms with Crippen LogP contribution in [0.4, 0.5) is 4.39 Å². The van der Waals surface area contributed by atoms with Crippen LogP contribution >= 0.6 is 11.8 Å². The number of aromatic nitrogens is 2. The van der Waals surface area contributed by atoms with Crippen molar-refractivity contribution in [2.24, 2.45) is 0 Å². The summed E-state index contributed by atoms with van der Waals surface area (Å²) in [5.74, 6) is -0.357. The van der Waals surface area contributed by atoms with E-state index in [-0.39, 0.29) is 11.7 Å². The molecule has 0 unspecified atom stereocenters. The van der Waals surface area contributed by atoms with Crippen molar-refractivity contribution in [1.82, 2.24) is 14.7 Å². The van der Waals surface area contributed by atoms with Crippen molar-refractivity contribution in [2.75, 3.05) is 13.3 Å². The van der Waals surface area contributed by atoms with E-state index in [4.69, 9.17) is 0 Å². The van der Waals surface area contributed by atoms with Gasteiger partial charge >= 0.3 is 0 Å². The van der Waals surface area contributed by atoms with Crippen LogP contribution < -0.4 is 0 Å². The predicted octanol–water partition coefficient (Wildman–Crippen LogP) is 4.49. The molecule has 6 heteroatoms. The first-order valence-electron chi connectivity index (χ1n) is 9.32. The van der Waals surface area contributed by atoms with E-state index in [9.17, 15) is 9.18 Å². The highest BCUT2D eigenvalue weighted by molar-refractivity contribution is 7.98. The zero-order chi connectivity index (χ0) is 19.7. The Morgan fingerprint density at radius 1 is 1.14 bits per heavy atom. The predicted molar refractivity (Wildman–Crippen MR) is 110 cm³/mol. The summed E-state index contributed by atoms with van der Waals surface area (Å²) in [5, 5.41) is 4.62. The summed E-state index contributed by atoms with van der Waals surface area (Å²) in [6.45, 7) is 0.533. The summed E-state index contributed by atoms with van der Waals surface area (Å²) in [6, 6.07) is 14.5. The minimum absolute atomic E-state index is 0.0760. The first-order chi connectivity index (χ1) is 13.6. The Bertz CT molecular complexity index is 996. The summed E-state index contributed by atoms with van der Waals surface area (Å²) < 4.78 is 15.1. The normalized spacial score (nSPS) is 12.8. The Morgan fingerprint density at radius 2 is 1.86 bits per heavy atom. The first kappa shape index (κ1) is 18.7. The maximum atomic E-state index is 13.3. The molecule has 2 aromatic carbocycles. The molecule has 3 aromatic rings. The lowest BCUT2D eigenvalue weighted by atomic mass is 10.1. The molecule has 0 N–H and O–H groups in total. The Labute approximate surface area is 168 Å². The van der Waals surface area contributed by atoms with E-state index in [2.05, 4.69) is 29.4 Å². The second-order valence-corrected chi connectivity index (χ2v) is 7.90. The van der Waals surface area contributed by atoms with Gasteiger partial charge in [-0.25, -0.2) is 9.07 Å². The molecule has 1 aromatic heterocycles. The molecule has 1 aliphatic carbocycles. The van der Waals surface area contributed by atoms with Gasteiger partial charge in [-0.05, 0) is 67.5 Å². The van der Waals surface area contributed by atoms with Crippen LogP contribution in [0.3, 0.4) is 0 Å². The molecule has 0 atom stereocenters. The van der Waals surface area contributed by atoms with Gasteiger partial charge in [-0.15, -0.1) is 11.8 Å². The lowest BCUT2D eigenvalue weighted by molar-refractivity contribution is 0.0777. The maximum Gasteiger partial charge on any atom is 0.274 e. The fraction of sp³-hybridized carbons (Fsp3) is 0.273. The van der Waals surface area contributed by atoms with Gasteiger partial charge in [0.1, 0.15) is 5.82 Å². The van der Waals surface area contributed by atoms with Gasteiger partial charge in [-0.1, -0.05) is 12.1 Å². The molecule has 0 bridgehead atoms. The number of thioether (sulfide) groups is 1. The van der Waals surface area contributed by atoms with E-state index in [1.165, 1.54) is 17.0 Å². The maximum absolute atomic E-state index is 13.3. The molecule has 144 valence electrons. The van der Waals surface area contributed by atoms with Crippen LogP contribution in [0.1, 0.15) is 33.7 Å². The molecule has 0 fully saturated rings. The second kappa shape index (κ2) is 7.80. The molecule has 4 rings (SSSR count). The average Bonchev–Trinajstić information content (AvgIpc) is 3.31. The van der Waals surface area contributed by atoms with Crippen molar-refractivity contribution in [3.05, 3.63) is 76.9 Å². The molecule has 4 nitrogen and oxygen atoms in total. The number of benzene rings is 2. The standard InChI is InChI=1S/C22H22FN3OS/c1-25(14-15-6-12-18(28-2)13-7-15)22(27)21-19-4-3-5-20(19)26(24-21)17-10-8-16(23)9-11-17/h6-13H,3-5,14H2,1-2H3. The number of carbonyl (C=O) groups excluding carboxylic acids is 1. The Morgan fingerprint density at radius 3 is 2.54 bits per heavy atom. The third-order valence-electron chi connectivity index (χ3n) is 5.13. The largest absolute Gasteiger partial charge is 0.336 e. The second-order valence-electron chi connectivity index (χ2n) is 7.02. The van der Waals surface area contributed by atoms with Crippen LogP contribution in [0.25, 0.3) is 5.69 Å². The lowest BCUT2D eigenvalue weighted by Gasteiger charge is -2.17. The van der Waals surface area contributed by atoms with Crippen molar-refractivity contribution in [1.29, 1.82) is 0 Å². The number of halogens is 1. The molecule has 28 heavy (non-hydrogen) atoms. The number of rotatable bonds is 5. The van der Waals surface area contributed by atoms with Gasteiger partial charge in [0.25, 0.3) is 5.91 Å². The van der Waals surface area contributed by atoms with Gasteiger partial charge < -0.3 is 4.90 Å². The van der Waals surface area contributed by atoms with E-state index in [1.807, 2.05) is 13.3 Å². The number of hydrogen-bond donors (Lipinski definition) is 0. The monoisotopic (exact) mass is 395 g/mol. The minimum Gasteiger partial charge on any atom is -0.336 e. The molecule has 1 amide bonds. The fourth-order valence-corrected chi connectivity index (χ4v) is 4.07. The zero-order valence-electron chi connectivity index (χ0n) is 16.0. The molecule has 0 spiro atoms. The number of nitrogens with zero attached hydrogens (tertiary/aromatic N) is 3. The molecule has 0 radical (unpaired) electrons. The van der Waals surface area contributed by atoms with Crippen LogP contribution in [0, 0.1) is 5.82 Å². The highest BCUT2D eigenvalue weighted by Gasteiger charge is 2.28. The van der Waals surface area contributed by atoms with Gasteiger partial charge in [-0.2, -0.15) is 5.10 Å².